The first-order valence-electron chi connectivity index (χ1n) is 11.3. The van der Waals surface area contributed by atoms with Crippen molar-refractivity contribution in [3.63, 3.8) is 0 Å². The molecular formula is C23H28F3N7O. The molecule has 0 saturated heterocycles. The van der Waals surface area contributed by atoms with Crippen LogP contribution in [0, 0.1) is 23.4 Å². The van der Waals surface area contributed by atoms with Crippen molar-refractivity contribution in [1.29, 1.82) is 0 Å². The monoisotopic (exact) mass is 475 g/mol. The van der Waals surface area contributed by atoms with E-state index >= 15 is 0 Å². The van der Waals surface area contributed by atoms with E-state index in [-0.39, 0.29) is 29.9 Å². The van der Waals surface area contributed by atoms with E-state index in [1.165, 1.54) is 0 Å². The van der Waals surface area contributed by atoms with Crippen molar-refractivity contribution < 1.29 is 18.0 Å². The van der Waals surface area contributed by atoms with Crippen LogP contribution in [-0.4, -0.2) is 50.5 Å². The molecule has 2 heterocycles. The van der Waals surface area contributed by atoms with Crippen LogP contribution in [-0.2, 0) is 4.79 Å². The minimum absolute atomic E-state index is 0.0720. The summed E-state index contributed by atoms with van der Waals surface area (Å²) >= 11 is 0. The number of aromatic nitrogens is 4. The molecule has 1 aliphatic carbocycles. The number of amides is 1. The minimum atomic E-state index is -1.07. The van der Waals surface area contributed by atoms with Crippen molar-refractivity contribution in [3.8, 4) is 0 Å². The number of hydrogen-bond donors (Lipinski definition) is 2. The maximum Gasteiger partial charge on any atom is 0.225 e. The summed E-state index contributed by atoms with van der Waals surface area (Å²) in [6, 6.07) is 1.22. The lowest BCUT2D eigenvalue weighted by atomic mass is 9.85. The first-order chi connectivity index (χ1) is 16.1. The third-order valence-electron chi connectivity index (χ3n) is 5.95. The van der Waals surface area contributed by atoms with Crippen LogP contribution in [0.4, 0.5) is 30.8 Å². The number of carbonyl (C=O) groups is 1. The summed E-state index contributed by atoms with van der Waals surface area (Å²) in [4.78, 5) is 27.4. The number of carbonyl (C=O) groups excluding carboxylic acids is 1. The van der Waals surface area contributed by atoms with E-state index < -0.39 is 23.1 Å². The molecule has 4 rings (SSSR count). The van der Waals surface area contributed by atoms with Crippen LogP contribution in [0.15, 0.2) is 18.3 Å². The Morgan fingerprint density at radius 3 is 2.32 bits per heavy atom. The van der Waals surface area contributed by atoms with E-state index in [1.807, 2.05) is 13.8 Å². The van der Waals surface area contributed by atoms with E-state index in [2.05, 4.69) is 25.6 Å². The van der Waals surface area contributed by atoms with Crippen LogP contribution in [0.1, 0.15) is 45.6 Å². The zero-order valence-corrected chi connectivity index (χ0v) is 19.6. The lowest BCUT2D eigenvalue weighted by Crippen LogP contribution is -2.32. The number of fused-ring (bicyclic) bond motifs is 1. The molecule has 0 atom stereocenters. The summed E-state index contributed by atoms with van der Waals surface area (Å²) in [7, 11) is 3.48. The molecule has 11 heteroatoms. The lowest BCUT2D eigenvalue weighted by molar-refractivity contribution is -0.134. The smallest absolute Gasteiger partial charge is 0.225 e. The number of halogens is 3. The van der Waals surface area contributed by atoms with Gasteiger partial charge < -0.3 is 15.5 Å². The quantitative estimate of drug-likeness (QED) is 0.541. The highest BCUT2D eigenvalue weighted by Crippen LogP contribution is 2.38. The summed E-state index contributed by atoms with van der Waals surface area (Å²) in [5.74, 6) is -2.53. The molecule has 1 aliphatic rings. The average molecular weight is 476 g/mol. The van der Waals surface area contributed by atoms with Crippen LogP contribution in [0.3, 0.4) is 0 Å². The van der Waals surface area contributed by atoms with Crippen molar-refractivity contribution in [3.05, 3.63) is 35.8 Å². The van der Waals surface area contributed by atoms with Gasteiger partial charge >= 0.3 is 0 Å². The highest BCUT2D eigenvalue weighted by Gasteiger charge is 2.31. The number of rotatable bonds is 6. The Labute approximate surface area is 195 Å². The van der Waals surface area contributed by atoms with Crippen molar-refractivity contribution in [2.75, 3.05) is 24.7 Å². The molecule has 0 radical (unpaired) electrons. The van der Waals surface area contributed by atoms with Gasteiger partial charge in [-0.25, -0.2) is 23.1 Å². The fourth-order valence-electron chi connectivity index (χ4n) is 4.37. The summed E-state index contributed by atoms with van der Waals surface area (Å²) in [5.41, 5.74) is 0.458. The zero-order valence-electron chi connectivity index (χ0n) is 19.6. The topological polar surface area (TPSA) is 88.0 Å². The highest BCUT2D eigenvalue weighted by molar-refractivity contribution is 5.79. The fourth-order valence-corrected chi connectivity index (χ4v) is 4.37. The summed E-state index contributed by atoms with van der Waals surface area (Å²) in [5, 5.41) is 5.86. The molecule has 2 aromatic heterocycles. The molecule has 0 spiro atoms. The van der Waals surface area contributed by atoms with E-state index in [1.54, 1.807) is 29.8 Å². The molecule has 2 N–H and O–H groups in total. The number of imidazole rings is 1. The summed E-state index contributed by atoms with van der Waals surface area (Å²) < 4.78 is 44.0. The van der Waals surface area contributed by atoms with Crippen LogP contribution in [0.25, 0.3) is 11.2 Å². The largest absolute Gasteiger partial charge is 0.352 e. The molecular weight excluding hydrogens is 447 g/mol. The summed E-state index contributed by atoms with van der Waals surface area (Å²) in [6.45, 7) is 3.92. The SMILES string of the molecule is CC(C)Nc1ncc2nc(Nc3c(F)cc(F)cc3F)n([C@H]3CC[C@@H](C(=O)N(C)C)CC3)c2n1. The van der Waals surface area contributed by atoms with Gasteiger partial charge in [-0.05, 0) is 39.5 Å². The average Bonchev–Trinajstić information content (AvgIpc) is 3.12. The Morgan fingerprint density at radius 1 is 1.09 bits per heavy atom. The van der Waals surface area contributed by atoms with Crippen molar-refractivity contribution in [1.82, 2.24) is 24.4 Å². The van der Waals surface area contributed by atoms with E-state index in [9.17, 15) is 18.0 Å². The van der Waals surface area contributed by atoms with Gasteiger partial charge in [0.15, 0.2) is 17.3 Å². The second-order valence-electron chi connectivity index (χ2n) is 9.11. The number of hydrogen-bond acceptors (Lipinski definition) is 6. The van der Waals surface area contributed by atoms with Gasteiger partial charge in [0.05, 0.1) is 6.20 Å². The van der Waals surface area contributed by atoms with Crippen LogP contribution in [0.2, 0.25) is 0 Å². The molecule has 1 saturated carbocycles. The predicted octanol–water partition coefficient (Wildman–Crippen LogP) is 4.63. The van der Waals surface area contributed by atoms with Crippen LogP contribution < -0.4 is 10.6 Å². The molecule has 1 amide bonds. The van der Waals surface area contributed by atoms with Crippen LogP contribution >= 0.6 is 0 Å². The Balaban J connectivity index is 1.74. The Bertz CT molecular complexity index is 1180. The molecule has 8 nitrogen and oxygen atoms in total. The second-order valence-corrected chi connectivity index (χ2v) is 9.11. The normalized spacial score (nSPS) is 18.4. The molecule has 1 fully saturated rings. The van der Waals surface area contributed by atoms with Crippen molar-refractivity contribution in [2.24, 2.45) is 5.92 Å². The van der Waals surface area contributed by atoms with Gasteiger partial charge in [0.1, 0.15) is 17.0 Å². The third-order valence-corrected chi connectivity index (χ3v) is 5.95. The first-order valence-corrected chi connectivity index (χ1v) is 11.3. The number of benzene rings is 1. The number of anilines is 3. The van der Waals surface area contributed by atoms with Gasteiger partial charge in [0, 0.05) is 44.2 Å². The van der Waals surface area contributed by atoms with Crippen molar-refractivity contribution >= 4 is 34.7 Å². The van der Waals surface area contributed by atoms with E-state index in [0.717, 1.165) is 0 Å². The molecule has 182 valence electrons. The summed E-state index contributed by atoms with van der Waals surface area (Å²) in [6.07, 6.45) is 4.21. The molecule has 1 aromatic carbocycles. The van der Waals surface area contributed by atoms with Gasteiger partial charge in [-0.3, -0.25) is 9.36 Å². The van der Waals surface area contributed by atoms with E-state index in [0.29, 0.717) is 54.9 Å². The molecule has 0 aliphatic heterocycles. The first kappa shape index (κ1) is 23.8. The van der Waals surface area contributed by atoms with Gasteiger partial charge in [0.25, 0.3) is 0 Å². The van der Waals surface area contributed by atoms with Gasteiger partial charge in [0.2, 0.25) is 17.8 Å². The maximum atomic E-state index is 14.4. The molecule has 3 aromatic rings. The Hall–Kier alpha value is -3.37. The van der Waals surface area contributed by atoms with Crippen molar-refractivity contribution in [2.45, 2.75) is 51.6 Å². The standard InChI is InChI=1S/C23H28F3N7O/c1-12(2)28-22-27-11-18-20(31-22)33(15-7-5-13(6-8-15)21(34)32(3)4)23(29-18)30-19-16(25)9-14(24)10-17(19)26/h9-13,15H,5-8H2,1-4H3,(H,29,30)(H,27,28,31)/t13-,15+. The minimum Gasteiger partial charge on any atom is -0.352 e. The van der Waals surface area contributed by atoms with Gasteiger partial charge in [-0.1, -0.05) is 0 Å². The highest BCUT2D eigenvalue weighted by atomic mass is 19.1. The number of nitrogens with zero attached hydrogens (tertiary/aromatic N) is 5. The van der Waals surface area contributed by atoms with Gasteiger partial charge in [-0.2, -0.15) is 4.98 Å². The van der Waals surface area contributed by atoms with E-state index in [4.69, 9.17) is 0 Å². The maximum absolute atomic E-state index is 14.4. The lowest BCUT2D eigenvalue weighted by Gasteiger charge is -2.31. The molecule has 34 heavy (non-hydrogen) atoms. The fraction of sp³-hybridized carbons (Fsp3) is 0.478. The molecule has 0 unspecified atom stereocenters. The molecule has 0 bridgehead atoms. The zero-order chi connectivity index (χ0) is 24.6. The van der Waals surface area contributed by atoms with Crippen LogP contribution in [0.5, 0.6) is 0 Å². The second kappa shape index (κ2) is 9.47. The Kier molecular flexibility index (Phi) is 6.63. The van der Waals surface area contributed by atoms with Gasteiger partial charge in [-0.15, -0.1) is 0 Å². The third kappa shape index (κ3) is 4.78. The number of nitrogens with one attached hydrogen (secondary N) is 2. The predicted molar refractivity (Wildman–Crippen MR) is 123 cm³/mol. The Morgan fingerprint density at radius 2 is 1.74 bits per heavy atom.